The first-order chi connectivity index (χ1) is 12.5. The average molecular weight is 379 g/mol. The summed E-state index contributed by atoms with van der Waals surface area (Å²) in [7, 11) is 0. The van der Waals surface area contributed by atoms with Crippen LogP contribution in [0, 0.1) is 11.7 Å². The summed E-state index contributed by atoms with van der Waals surface area (Å²) in [5.41, 5.74) is 0.427. The molecule has 0 radical (unpaired) electrons. The predicted octanol–water partition coefficient (Wildman–Crippen LogP) is 4.14. The van der Waals surface area contributed by atoms with Gasteiger partial charge in [0.25, 0.3) is 0 Å². The lowest BCUT2D eigenvalue weighted by molar-refractivity contribution is -0.118. The minimum Gasteiger partial charge on any atom is -0.355 e. The maximum absolute atomic E-state index is 14.2. The zero-order valence-electron chi connectivity index (χ0n) is 15.7. The summed E-state index contributed by atoms with van der Waals surface area (Å²) in [6.07, 6.45) is 3.23. The Balaban J connectivity index is 2.09. The molecule has 1 N–H and O–H groups in total. The van der Waals surface area contributed by atoms with E-state index in [-0.39, 0.29) is 17.5 Å². The molecule has 0 aliphatic heterocycles. The average Bonchev–Trinajstić information content (AvgIpc) is 2.99. The maximum Gasteiger partial charge on any atom is 0.230 e. The Hall–Kier alpha value is -1.89. The van der Waals surface area contributed by atoms with Crippen LogP contribution in [-0.4, -0.2) is 33.0 Å². The van der Waals surface area contributed by atoms with Gasteiger partial charge in [0.05, 0.1) is 11.3 Å². The number of unbranched alkanes of at least 4 members (excludes halogenated alkanes) is 2. The molecule has 0 aliphatic rings. The smallest absolute Gasteiger partial charge is 0.230 e. The van der Waals surface area contributed by atoms with Gasteiger partial charge in [-0.3, -0.25) is 4.79 Å². The molecule has 7 heteroatoms. The van der Waals surface area contributed by atoms with Crippen LogP contribution < -0.4 is 5.32 Å². The van der Waals surface area contributed by atoms with E-state index in [9.17, 15) is 9.18 Å². The highest BCUT2D eigenvalue weighted by molar-refractivity contribution is 7.99. The van der Waals surface area contributed by atoms with Crippen molar-refractivity contribution >= 4 is 17.7 Å². The number of amides is 1. The molecule has 0 fully saturated rings. The molecule has 0 spiro atoms. The fraction of sp³-hybridized carbons (Fsp3) is 0.526. The van der Waals surface area contributed by atoms with Gasteiger partial charge in [-0.2, -0.15) is 0 Å². The fourth-order valence-electron chi connectivity index (χ4n) is 2.55. The van der Waals surface area contributed by atoms with Crippen molar-refractivity contribution in [2.45, 2.75) is 51.7 Å². The van der Waals surface area contributed by atoms with E-state index in [0.29, 0.717) is 35.6 Å². The first kappa shape index (κ1) is 20.4. The topological polar surface area (TPSA) is 59.8 Å². The Kier molecular flexibility index (Phi) is 8.09. The van der Waals surface area contributed by atoms with Crippen LogP contribution in [0.2, 0.25) is 0 Å². The Morgan fingerprint density at radius 1 is 1.27 bits per heavy atom. The van der Waals surface area contributed by atoms with E-state index >= 15 is 0 Å². The molecule has 0 saturated carbocycles. The second-order valence-corrected chi connectivity index (χ2v) is 7.58. The molecule has 2 aromatic rings. The van der Waals surface area contributed by atoms with Crippen LogP contribution >= 0.6 is 11.8 Å². The monoisotopic (exact) mass is 378 g/mol. The van der Waals surface area contributed by atoms with E-state index in [4.69, 9.17) is 0 Å². The summed E-state index contributed by atoms with van der Waals surface area (Å²) in [5.74, 6) is 0.786. The van der Waals surface area contributed by atoms with E-state index < -0.39 is 0 Å². The number of rotatable bonds is 10. The van der Waals surface area contributed by atoms with Gasteiger partial charge in [0.1, 0.15) is 5.82 Å². The number of carbonyl (C=O) groups excluding carboxylic acids is 1. The van der Waals surface area contributed by atoms with Crippen molar-refractivity contribution in [1.29, 1.82) is 0 Å². The molecule has 5 nitrogen and oxygen atoms in total. The molecular weight excluding hydrogens is 351 g/mol. The highest BCUT2D eigenvalue weighted by Crippen LogP contribution is 2.26. The minimum atomic E-state index is -0.324. The highest BCUT2D eigenvalue weighted by Gasteiger charge is 2.18. The summed E-state index contributed by atoms with van der Waals surface area (Å²) in [6, 6.07) is 6.55. The van der Waals surface area contributed by atoms with Crippen LogP contribution in [0.1, 0.15) is 40.0 Å². The van der Waals surface area contributed by atoms with Crippen molar-refractivity contribution < 1.29 is 9.18 Å². The lowest BCUT2D eigenvalue weighted by Crippen LogP contribution is -2.26. The van der Waals surface area contributed by atoms with Crippen molar-refractivity contribution in [3.63, 3.8) is 0 Å². The molecule has 0 aliphatic carbocycles. The summed E-state index contributed by atoms with van der Waals surface area (Å²) < 4.78 is 16.1. The van der Waals surface area contributed by atoms with Crippen LogP contribution in [0.15, 0.2) is 29.4 Å². The normalized spacial score (nSPS) is 11.1. The quantitative estimate of drug-likeness (QED) is 0.499. The van der Waals surface area contributed by atoms with Crippen LogP contribution in [0.3, 0.4) is 0 Å². The highest BCUT2D eigenvalue weighted by atomic mass is 32.2. The van der Waals surface area contributed by atoms with Gasteiger partial charge in [0.15, 0.2) is 11.0 Å². The van der Waals surface area contributed by atoms with Crippen molar-refractivity contribution in [2.75, 3.05) is 12.3 Å². The zero-order valence-corrected chi connectivity index (χ0v) is 16.5. The first-order valence-electron chi connectivity index (χ1n) is 9.10. The van der Waals surface area contributed by atoms with Gasteiger partial charge in [-0.15, -0.1) is 10.2 Å². The molecule has 2 rings (SSSR count). The molecule has 0 unspecified atom stereocenters. The largest absolute Gasteiger partial charge is 0.355 e. The molecule has 1 aromatic heterocycles. The standard InChI is InChI=1S/C19H27FN4OS/c1-4-5-8-11-21-17(25)13-26-19-23-22-18(24(19)12-14(2)3)15-9-6-7-10-16(15)20/h6-7,9-10,14H,4-5,8,11-13H2,1-3H3,(H,21,25). The molecule has 26 heavy (non-hydrogen) atoms. The number of hydrogen-bond acceptors (Lipinski definition) is 4. The van der Waals surface area contributed by atoms with E-state index in [1.807, 2.05) is 4.57 Å². The van der Waals surface area contributed by atoms with Crippen LogP contribution in [0.25, 0.3) is 11.4 Å². The van der Waals surface area contributed by atoms with Crippen molar-refractivity contribution in [2.24, 2.45) is 5.92 Å². The lowest BCUT2D eigenvalue weighted by Gasteiger charge is -2.13. The van der Waals surface area contributed by atoms with Gasteiger partial charge in [0.2, 0.25) is 5.91 Å². The molecule has 0 bridgehead atoms. The Labute approximate surface area is 158 Å². The minimum absolute atomic E-state index is 0.0161. The number of hydrogen-bond donors (Lipinski definition) is 1. The number of nitrogens with one attached hydrogen (secondary N) is 1. The number of nitrogens with zero attached hydrogens (tertiary/aromatic N) is 3. The van der Waals surface area contributed by atoms with E-state index in [2.05, 4.69) is 36.3 Å². The Bertz CT molecular complexity index is 717. The fourth-order valence-corrected chi connectivity index (χ4v) is 3.33. The summed E-state index contributed by atoms with van der Waals surface area (Å²) >= 11 is 1.34. The lowest BCUT2D eigenvalue weighted by atomic mass is 10.2. The number of aromatic nitrogens is 3. The van der Waals surface area contributed by atoms with Gasteiger partial charge < -0.3 is 9.88 Å². The van der Waals surface area contributed by atoms with E-state index in [1.54, 1.807) is 18.2 Å². The summed E-state index contributed by atoms with van der Waals surface area (Å²) in [4.78, 5) is 12.0. The van der Waals surface area contributed by atoms with Crippen LogP contribution in [0.5, 0.6) is 0 Å². The summed E-state index contributed by atoms with van der Waals surface area (Å²) in [5, 5.41) is 11.9. The molecular formula is C19H27FN4OS. The van der Waals surface area contributed by atoms with E-state index in [1.165, 1.54) is 17.8 Å². The van der Waals surface area contributed by atoms with Gasteiger partial charge in [-0.05, 0) is 24.5 Å². The Morgan fingerprint density at radius 3 is 2.73 bits per heavy atom. The number of carbonyl (C=O) groups is 1. The van der Waals surface area contributed by atoms with Crippen LogP contribution in [-0.2, 0) is 11.3 Å². The van der Waals surface area contributed by atoms with Gasteiger partial charge in [-0.1, -0.05) is 57.5 Å². The molecule has 1 heterocycles. The molecule has 0 atom stereocenters. The number of halogens is 1. The molecule has 142 valence electrons. The van der Waals surface area contributed by atoms with Crippen LogP contribution in [0.4, 0.5) is 4.39 Å². The van der Waals surface area contributed by atoms with Gasteiger partial charge >= 0.3 is 0 Å². The third-order valence-corrected chi connectivity index (χ3v) is 4.78. The molecule has 0 saturated heterocycles. The zero-order chi connectivity index (χ0) is 18.9. The Morgan fingerprint density at radius 2 is 2.04 bits per heavy atom. The van der Waals surface area contributed by atoms with E-state index in [0.717, 1.165) is 19.3 Å². The van der Waals surface area contributed by atoms with Gasteiger partial charge in [0, 0.05) is 13.1 Å². The summed E-state index contributed by atoms with van der Waals surface area (Å²) in [6.45, 7) is 7.66. The third kappa shape index (κ3) is 5.83. The van der Waals surface area contributed by atoms with Crippen molar-refractivity contribution in [3.05, 3.63) is 30.1 Å². The third-order valence-electron chi connectivity index (χ3n) is 3.81. The predicted molar refractivity (Wildman–Crippen MR) is 104 cm³/mol. The number of benzene rings is 1. The second-order valence-electron chi connectivity index (χ2n) is 6.64. The van der Waals surface area contributed by atoms with Gasteiger partial charge in [-0.25, -0.2) is 4.39 Å². The molecule has 1 amide bonds. The first-order valence-corrected chi connectivity index (χ1v) is 10.1. The van der Waals surface area contributed by atoms with Crippen molar-refractivity contribution in [1.82, 2.24) is 20.1 Å². The molecule has 1 aromatic carbocycles. The maximum atomic E-state index is 14.2. The SMILES string of the molecule is CCCCCNC(=O)CSc1nnc(-c2ccccc2F)n1CC(C)C. The number of thioether (sulfide) groups is 1. The van der Waals surface area contributed by atoms with Crippen molar-refractivity contribution in [3.8, 4) is 11.4 Å². The second kappa shape index (κ2) is 10.3.